The van der Waals surface area contributed by atoms with E-state index in [1.165, 1.54) is 4.68 Å². The second kappa shape index (κ2) is 5.62. The van der Waals surface area contributed by atoms with Gasteiger partial charge in [-0.1, -0.05) is 30.6 Å². The van der Waals surface area contributed by atoms with E-state index in [-0.39, 0.29) is 17.5 Å². The highest BCUT2D eigenvalue weighted by Gasteiger charge is 2.21. The molecule has 0 fully saturated rings. The Labute approximate surface area is 121 Å². The topological polar surface area (TPSA) is 85.8 Å². The van der Waals surface area contributed by atoms with E-state index in [9.17, 15) is 4.79 Å². The van der Waals surface area contributed by atoms with E-state index in [2.05, 4.69) is 20.6 Å². The zero-order chi connectivity index (χ0) is 14.9. The van der Waals surface area contributed by atoms with Gasteiger partial charge in [0, 0.05) is 19.2 Å². The van der Waals surface area contributed by atoms with E-state index in [1.807, 2.05) is 13.8 Å². The summed E-state index contributed by atoms with van der Waals surface area (Å²) in [6, 6.07) is -0.416. The molecule has 0 unspecified atom stereocenters. The van der Waals surface area contributed by atoms with Crippen molar-refractivity contribution in [3.63, 3.8) is 0 Å². The number of aryl methyl sites for hydroxylation is 1. The maximum atomic E-state index is 12.0. The highest BCUT2D eigenvalue weighted by Crippen LogP contribution is 2.17. The van der Waals surface area contributed by atoms with Crippen LogP contribution in [0.4, 0.5) is 0 Å². The third-order valence-electron chi connectivity index (χ3n) is 2.69. The molecule has 2 heterocycles. The van der Waals surface area contributed by atoms with Crippen LogP contribution in [0.1, 0.15) is 54.9 Å². The molecule has 20 heavy (non-hydrogen) atoms. The molecule has 0 radical (unpaired) electrons. The molecule has 7 nitrogen and oxygen atoms in total. The van der Waals surface area contributed by atoms with E-state index in [4.69, 9.17) is 16.1 Å². The molecule has 1 amide bonds. The average molecular weight is 298 g/mol. The second-order valence-electron chi connectivity index (χ2n) is 4.84. The van der Waals surface area contributed by atoms with Crippen molar-refractivity contribution >= 4 is 17.5 Å². The number of halogens is 1. The van der Waals surface area contributed by atoms with Crippen LogP contribution in [0.3, 0.4) is 0 Å². The monoisotopic (exact) mass is 297 g/mol. The van der Waals surface area contributed by atoms with Crippen molar-refractivity contribution < 1.29 is 9.32 Å². The van der Waals surface area contributed by atoms with E-state index < -0.39 is 6.04 Å². The molecule has 1 N–H and O–H groups in total. The summed E-state index contributed by atoms with van der Waals surface area (Å²) in [5.74, 6) is 0.749. The van der Waals surface area contributed by atoms with Gasteiger partial charge in [0.2, 0.25) is 5.89 Å². The summed E-state index contributed by atoms with van der Waals surface area (Å²) in [4.78, 5) is 16.3. The zero-order valence-corrected chi connectivity index (χ0v) is 12.5. The first kappa shape index (κ1) is 14.5. The van der Waals surface area contributed by atoms with Gasteiger partial charge in [-0.25, -0.2) is 0 Å². The summed E-state index contributed by atoms with van der Waals surface area (Å²) in [6.07, 6.45) is 1.56. The van der Waals surface area contributed by atoms with Crippen LogP contribution in [0.5, 0.6) is 0 Å². The van der Waals surface area contributed by atoms with E-state index in [0.717, 1.165) is 0 Å². The minimum absolute atomic E-state index is 0.167. The Morgan fingerprint density at radius 1 is 1.45 bits per heavy atom. The van der Waals surface area contributed by atoms with Gasteiger partial charge in [-0.05, 0) is 6.92 Å². The molecule has 8 heteroatoms. The molecule has 0 saturated heterocycles. The van der Waals surface area contributed by atoms with E-state index in [1.54, 1.807) is 20.2 Å². The number of nitrogens with zero attached hydrogens (tertiary/aromatic N) is 4. The Hall–Kier alpha value is -1.89. The number of carbonyl (C=O) groups excluding carboxylic acids is 1. The average Bonchev–Trinajstić information content (AvgIpc) is 2.95. The fraction of sp³-hybridized carbons (Fsp3) is 0.500. The lowest BCUT2D eigenvalue weighted by Crippen LogP contribution is -2.27. The van der Waals surface area contributed by atoms with Crippen LogP contribution < -0.4 is 5.32 Å². The van der Waals surface area contributed by atoms with Crippen molar-refractivity contribution in [3.8, 4) is 0 Å². The van der Waals surface area contributed by atoms with Crippen LogP contribution in [-0.4, -0.2) is 25.8 Å². The lowest BCUT2D eigenvalue weighted by Gasteiger charge is -2.08. The largest absolute Gasteiger partial charge is 0.339 e. The number of rotatable bonds is 4. The van der Waals surface area contributed by atoms with Crippen LogP contribution in [-0.2, 0) is 7.05 Å². The highest BCUT2D eigenvalue weighted by molar-refractivity contribution is 6.33. The van der Waals surface area contributed by atoms with Crippen LogP contribution in [0.25, 0.3) is 0 Å². The quantitative estimate of drug-likeness (QED) is 0.933. The van der Waals surface area contributed by atoms with Crippen molar-refractivity contribution in [2.24, 2.45) is 7.05 Å². The van der Waals surface area contributed by atoms with E-state index in [0.29, 0.717) is 16.7 Å². The number of amides is 1. The molecule has 0 aromatic carbocycles. The number of hydrogen-bond acceptors (Lipinski definition) is 5. The molecule has 108 valence electrons. The van der Waals surface area contributed by atoms with Gasteiger partial charge in [-0.3, -0.25) is 9.48 Å². The first-order valence-corrected chi connectivity index (χ1v) is 6.59. The SMILES string of the molecule is CC(C)c1noc([C@H](C)NC(=O)c2nn(C)cc2Cl)n1. The standard InChI is InChI=1S/C12H16ClN5O2/c1-6(2)10-15-12(20-17-10)7(3)14-11(19)9-8(13)5-18(4)16-9/h5-7H,1-4H3,(H,14,19)/t7-/m0/s1. The maximum absolute atomic E-state index is 12.0. The maximum Gasteiger partial charge on any atom is 0.273 e. The number of carbonyl (C=O) groups is 1. The van der Waals surface area contributed by atoms with Crippen LogP contribution in [0.2, 0.25) is 5.02 Å². The van der Waals surface area contributed by atoms with Crippen molar-refractivity contribution in [1.29, 1.82) is 0 Å². The molecule has 0 saturated carbocycles. The molecule has 2 aromatic heterocycles. The summed E-state index contributed by atoms with van der Waals surface area (Å²) in [6.45, 7) is 5.68. The predicted molar refractivity (Wildman–Crippen MR) is 72.5 cm³/mol. The molecule has 0 aliphatic rings. The number of nitrogens with one attached hydrogen (secondary N) is 1. The molecule has 0 aliphatic heterocycles. The van der Waals surface area contributed by atoms with Gasteiger partial charge in [-0.2, -0.15) is 10.1 Å². The van der Waals surface area contributed by atoms with Crippen molar-refractivity contribution in [2.45, 2.75) is 32.7 Å². The predicted octanol–water partition coefficient (Wildman–Crippen LogP) is 2.07. The summed E-state index contributed by atoms with van der Waals surface area (Å²) >= 11 is 5.92. The van der Waals surface area contributed by atoms with Crippen LogP contribution >= 0.6 is 11.6 Å². The van der Waals surface area contributed by atoms with Gasteiger partial charge in [0.1, 0.15) is 6.04 Å². The van der Waals surface area contributed by atoms with E-state index >= 15 is 0 Å². The number of aromatic nitrogens is 4. The molecule has 0 spiro atoms. The summed E-state index contributed by atoms with van der Waals surface area (Å²) < 4.78 is 6.60. The fourth-order valence-electron chi connectivity index (χ4n) is 1.60. The van der Waals surface area contributed by atoms with Gasteiger partial charge >= 0.3 is 0 Å². The fourth-order valence-corrected chi connectivity index (χ4v) is 1.86. The normalized spacial score (nSPS) is 12.7. The lowest BCUT2D eigenvalue weighted by molar-refractivity contribution is 0.0927. The van der Waals surface area contributed by atoms with Crippen molar-refractivity contribution in [1.82, 2.24) is 25.2 Å². The smallest absolute Gasteiger partial charge is 0.273 e. The Kier molecular flexibility index (Phi) is 4.08. The Morgan fingerprint density at radius 3 is 2.65 bits per heavy atom. The first-order valence-electron chi connectivity index (χ1n) is 6.22. The van der Waals surface area contributed by atoms with Gasteiger partial charge in [-0.15, -0.1) is 0 Å². The minimum atomic E-state index is -0.416. The zero-order valence-electron chi connectivity index (χ0n) is 11.7. The molecule has 1 atom stereocenters. The molecule has 0 aliphatic carbocycles. The van der Waals surface area contributed by atoms with Crippen LogP contribution in [0, 0.1) is 0 Å². The Balaban J connectivity index is 2.08. The van der Waals surface area contributed by atoms with Gasteiger partial charge in [0.05, 0.1) is 5.02 Å². The van der Waals surface area contributed by atoms with Gasteiger partial charge < -0.3 is 9.84 Å². The Morgan fingerprint density at radius 2 is 2.15 bits per heavy atom. The molecule has 2 aromatic rings. The van der Waals surface area contributed by atoms with Crippen molar-refractivity contribution in [3.05, 3.63) is 28.6 Å². The molecular formula is C12H16ClN5O2. The summed E-state index contributed by atoms with van der Waals surface area (Å²) in [5, 5.41) is 10.9. The van der Waals surface area contributed by atoms with Gasteiger partial charge in [0.15, 0.2) is 11.5 Å². The lowest BCUT2D eigenvalue weighted by atomic mass is 10.2. The van der Waals surface area contributed by atoms with Crippen LogP contribution in [0.15, 0.2) is 10.7 Å². The third kappa shape index (κ3) is 2.98. The summed E-state index contributed by atoms with van der Waals surface area (Å²) in [7, 11) is 1.69. The summed E-state index contributed by atoms with van der Waals surface area (Å²) in [5.41, 5.74) is 0.171. The van der Waals surface area contributed by atoms with Gasteiger partial charge in [0.25, 0.3) is 5.91 Å². The molecular weight excluding hydrogens is 282 g/mol. The minimum Gasteiger partial charge on any atom is -0.339 e. The first-order chi connectivity index (χ1) is 9.38. The van der Waals surface area contributed by atoms with Crippen molar-refractivity contribution in [2.75, 3.05) is 0 Å². The molecule has 2 rings (SSSR count). The Bertz CT molecular complexity index is 619. The number of hydrogen-bond donors (Lipinski definition) is 1. The second-order valence-corrected chi connectivity index (χ2v) is 5.25. The third-order valence-corrected chi connectivity index (χ3v) is 2.97. The molecule has 0 bridgehead atoms. The highest BCUT2D eigenvalue weighted by atomic mass is 35.5.